The van der Waals surface area contributed by atoms with Gasteiger partial charge < -0.3 is 29.2 Å². The Hall–Kier alpha value is -2.77. The number of fused-ring (bicyclic) bond motifs is 3. The van der Waals surface area contributed by atoms with Crippen molar-refractivity contribution < 1.29 is 23.7 Å². The summed E-state index contributed by atoms with van der Waals surface area (Å²) < 4.78 is 22.9. The third-order valence-corrected chi connectivity index (χ3v) is 6.46. The van der Waals surface area contributed by atoms with Crippen molar-refractivity contribution in [3.05, 3.63) is 53.6 Å². The van der Waals surface area contributed by atoms with E-state index in [1.165, 1.54) is 13.0 Å². The zero-order chi connectivity index (χ0) is 21.9. The van der Waals surface area contributed by atoms with Crippen LogP contribution in [0.15, 0.2) is 42.5 Å². The lowest BCUT2D eigenvalue weighted by Gasteiger charge is -2.30. The summed E-state index contributed by atoms with van der Waals surface area (Å²) in [5.74, 6) is 2.74. The van der Waals surface area contributed by atoms with Crippen molar-refractivity contribution in [3.63, 3.8) is 0 Å². The molecular weight excluding hydrogens is 408 g/mol. The van der Waals surface area contributed by atoms with Gasteiger partial charge in [0.05, 0.1) is 20.3 Å². The molecule has 1 unspecified atom stereocenters. The molecule has 2 fully saturated rings. The molecule has 32 heavy (non-hydrogen) atoms. The molecule has 3 aliphatic rings. The van der Waals surface area contributed by atoms with E-state index in [0.717, 1.165) is 30.8 Å². The summed E-state index contributed by atoms with van der Waals surface area (Å²) in [6.07, 6.45) is 2.10. The SMILES string of the molecule is COc1ccc(COC[C@@H]2COc3ccc(C(=O)N[C@H]4C[C@@H]5CCN(C5)C4)cc3O2)cc1. The minimum absolute atomic E-state index is 0.0539. The second-order valence-corrected chi connectivity index (χ2v) is 8.90. The zero-order valence-electron chi connectivity index (χ0n) is 18.4. The highest BCUT2D eigenvalue weighted by Gasteiger charge is 2.33. The summed E-state index contributed by atoms with van der Waals surface area (Å²) in [5, 5.41) is 3.20. The van der Waals surface area contributed by atoms with Crippen LogP contribution in [0.2, 0.25) is 0 Å². The predicted molar refractivity (Wildman–Crippen MR) is 119 cm³/mol. The van der Waals surface area contributed by atoms with E-state index in [9.17, 15) is 4.79 Å². The molecule has 0 radical (unpaired) electrons. The topological polar surface area (TPSA) is 69.3 Å². The molecule has 2 saturated heterocycles. The van der Waals surface area contributed by atoms with Crippen LogP contribution in [0.25, 0.3) is 0 Å². The number of carbonyl (C=O) groups excluding carboxylic acids is 1. The van der Waals surface area contributed by atoms with E-state index in [1.54, 1.807) is 19.2 Å². The van der Waals surface area contributed by atoms with Gasteiger partial charge in [-0.2, -0.15) is 0 Å². The molecule has 2 aromatic rings. The summed E-state index contributed by atoms with van der Waals surface area (Å²) in [6.45, 7) is 4.59. The minimum Gasteiger partial charge on any atom is -0.497 e. The van der Waals surface area contributed by atoms with E-state index >= 15 is 0 Å². The lowest BCUT2D eigenvalue weighted by Crippen LogP contribution is -2.47. The number of amides is 1. The van der Waals surface area contributed by atoms with E-state index < -0.39 is 0 Å². The van der Waals surface area contributed by atoms with E-state index in [-0.39, 0.29) is 18.1 Å². The first-order valence-electron chi connectivity index (χ1n) is 11.3. The molecule has 7 nitrogen and oxygen atoms in total. The number of carbonyl (C=O) groups is 1. The van der Waals surface area contributed by atoms with Crippen LogP contribution >= 0.6 is 0 Å². The normalized spacial score (nSPS) is 25.9. The number of nitrogens with one attached hydrogen (secondary N) is 1. The van der Waals surface area contributed by atoms with Crippen molar-refractivity contribution in [2.24, 2.45) is 5.92 Å². The van der Waals surface area contributed by atoms with Crippen LogP contribution in [0, 0.1) is 5.92 Å². The summed E-state index contributed by atoms with van der Waals surface area (Å²) in [6, 6.07) is 13.4. The first-order valence-corrected chi connectivity index (χ1v) is 11.3. The minimum atomic E-state index is -0.221. The van der Waals surface area contributed by atoms with E-state index in [2.05, 4.69) is 10.2 Å². The Bertz CT molecular complexity index is 936. The smallest absolute Gasteiger partial charge is 0.251 e. The highest BCUT2D eigenvalue weighted by molar-refractivity contribution is 5.95. The second-order valence-electron chi connectivity index (χ2n) is 8.90. The van der Waals surface area contributed by atoms with Crippen LogP contribution < -0.4 is 19.5 Å². The van der Waals surface area contributed by atoms with Crippen LogP contribution in [0.3, 0.4) is 0 Å². The number of hydrogen-bond donors (Lipinski definition) is 1. The highest BCUT2D eigenvalue weighted by Crippen LogP contribution is 2.33. The van der Waals surface area contributed by atoms with Crippen molar-refractivity contribution in [2.45, 2.75) is 31.6 Å². The maximum Gasteiger partial charge on any atom is 0.251 e. The summed E-state index contributed by atoms with van der Waals surface area (Å²) in [5.41, 5.74) is 1.66. The van der Waals surface area contributed by atoms with Crippen molar-refractivity contribution in [2.75, 3.05) is 40.0 Å². The predicted octanol–water partition coefficient (Wildman–Crippen LogP) is 2.88. The van der Waals surface area contributed by atoms with Crippen LogP contribution in [-0.4, -0.2) is 62.9 Å². The average molecular weight is 439 g/mol. The first kappa shape index (κ1) is 21.1. The van der Waals surface area contributed by atoms with Crippen LogP contribution in [0.1, 0.15) is 28.8 Å². The fourth-order valence-electron chi connectivity index (χ4n) is 4.80. The molecule has 0 saturated carbocycles. The molecule has 0 spiro atoms. The van der Waals surface area contributed by atoms with Crippen molar-refractivity contribution in [3.8, 4) is 17.2 Å². The lowest BCUT2D eigenvalue weighted by atomic mass is 9.96. The van der Waals surface area contributed by atoms with Gasteiger partial charge in [0.15, 0.2) is 17.6 Å². The van der Waals surface area contributed by atoms with Gasteiger partial charge in [0, 0.05) is 24.7 Å². The van der Waals surface area contributed by atoms with E-state index in [0.29, 0.717) is 42.8 Å². The molecule has 0 aromatic heterocycles. The zero-order valence-corrected chi connectivity index (χ0v) is 18.4. The molecule has 1 N–H and O–H groups in total. The monoisotopic (exact) mass is 438 g/mol. The molecule has 1 amide bonds. The molecule has 3 heterocycles. The van der Waals surface area contributed by atoms with Crippen LogP contribution in [-0.2, 0) is 11.3 Å². The van der Waals surface area contributed by atoms with Crippen molar-refractivity contribution >= 4 is 5.91 Å². The third kappa shape index (κ3) is 4.84. The fraction of sp³-hybridized carbons (Fsp3) is 0.480. The van der Waals surface area contributed by atoms with Gasteiger partial charge in [-0.15, -0.1) is 0 Å². The van der Waals surface area contributed by atoms with Crippen LogP contribution in [0.5, 0.6) is 17.2 Å². The van der Waals surface area contributed by atoms with Crippen LogP contribution in [0.4, 0.5) is 0 Å². The molecule has 2 aromatic carbocycles. The Labute approximate surface area is 188 Å². The Morgan fingerprint density at radius 1 is 1.16 bits per heavy atom. The maximum absolute atomic E-state index is 12.8. The number of rotatable bonds is 7. The fourth-order valence-corrected chi connectivity index (χ4v) is 4.80. The molecule has 5 rings (SSSR count). The summed E-state index contributed by atoms with van der Waals surface area (Å²) >= 11 is 0. The molecule has 3 aliphatic heterocycles. The average Bonchev–Trinajstić information content (AvgIpc) is 3.16. The van der Waals surface area contributed by atoms with Gasteiger partial charge in [0.25, 0.3) is 5.91 Å². The van der Waals surface area contributed by atoms with Gasteiger partial charge in [-0.25, -0.2) is 0 Å². The summed E-state index contributed by atoms with van der Waals surface area (Å²) in [4.78, 5) is 15.3. The van der Waals surface area contributed by atoms with Gasteiger partial charge in [-0.05, 0) is 61.2 Å². The second kappa shape index (κ2) is 9.38. The van der Waals surface area contributed by atoms with Gasteiger partial charge in [0.1, 0.15) is 12.4 Å². The standard InChI is InChI=1S/C25H30N2O5/c1-29-21-5-2-17(3-6-21)14-30-15-22-16-31-23-7-4-19(11-24(23)32-22)25(28)26-20-10-18-8-9-27(12-18)13-20/h2-7,11,18,20,22H,8-10,12-16H2,1H3,(H,26,28)/t18-,20-,22+/m0/s1. The van der Waals surface area contributed by atoms with E-state index in [1.807, 2.05) is 30.3 Å². The van der Waals surface area contributed by atoms with Gasteiger partial charge in [-0.1, -0.05) is 12.1 Å². The quantitative estimate of drug-likeness (QED) is 0.717. The number of nitrogens with zero attached hydrogens (tertiary/aromatic N) is 1. The first-order chi connectivity index (χ1) is 15.7. The summed E-state index contributed by atoms with van der Waals surface area (Å²) in [7, 11) is 1.65. The molecule has 170 valence electrons. The molecule has 0 aliphatic carbocycles. The molecule has 2 bridgehead atoms. The third-order valence-electron chi connectivity index (χ3n) is 6.46. The Balaban J connectivity index is 1.14. The Morgan fingerprint density at radius 2 is 2.03 bits per heavy atom. The maximum atomic E-state index is 12.8. The number of ether oxygens (including phenoxy) is 4. The highest BCUT2D eigenvalue weighted by atomic mass is 16.6. The number of piperidine rings is 1. The molecule has 4 atom stereocenters. The Morgan fingerprint density at radius 3 is 2.84 bits per heavy atom. The molecule has 7 heteroatoms. The van der Waals surface area contributed by atoms with Gasteiger partial charge >= 0.3 is 0 Å². The van der Waals surface area contributed by atoms with Gasteiger partial charge in [0.2, 0.25) is 0 Å². The number of methoxy groups -OCH3 is 1. The molecular formula is C25H30N2O5. The van der Waals surface area contributed by atoms with Crippen molar-refractivity contribution in [1.29, 1.82) is 0 Å². The lowest BCUT2D eigenvalue weighted by molar-refractivity contribution is 0.00266. The van der Waals surface area contributed by atoms with Gasteiger partial charge in [-0.3, -0.25) is 4.79 Å². The van der Waals surface area contributed by atoms with Crippen molar-refractivity contribution in [1.82, 2.24) is 10.2 Å². The number of benzene rings is 2. The van der Waals surface area contributed by atoms with E-state index in [4.69, 9.17) is 18.9 Å². The number of hydrogen-bond acceptors (Lipinski definition) is 6. The largest absolute Gasteiger partial charge is 0.497 e. The Kier molecular flexibility index (Phi) is 6.19.